The van der Waals surface area contributed by atoms with Gasteiger partial charge in [-0.15, -0.1) is 0 Å². The number of fused-ring (bicyclic) bond motifs is 2. The number of carbonyl (C=O) groups is 2. The zero-order chi connectivity index (χ0) is 21.7. The van der Waals surface area contributed by atoms with E-state index < -0.39 is 5.92 Å². The summed E-state index contributed by atoms with van der Waals surface area (Å²) in [5, 5.41) is 9.76. The highest BCUT2D eigenvalue weighted by Gasteiger charge is 2.36. The molecule has 154 valence electrons. The zero-order valence-corrected chi connectivity index (χ0v) is 17.8. The van der Waals surface area contributed by atoms with Crippen LogP contribution in [0.4, 0.5) is 5.82 Å². The van der Waals surface area contributed by atoms with Crippen molar-refractivity contribution in [1.82, 2.24) is 9.78 Å². The predicted octanol–water partition coefficient (Wildman–Crippen LogP) is 5.26. The lowest BCUT2D eigenvalue weighted by Gasteiger charge is -2.23. The number of anilines is 1. The van der Waals surface area contributed by atoms with Crippen LogP contribution >= 0.6 is 0 Å². The molecule has 2 heterocycles. The minimum absolute atomic E-state index is 0.0510. The molecular weight excluding hydrogens is 386 g/mol. The van der Waals surface area contributed by atoms with E-state index in [1.165, 1.54) is 0 Å². The zero-order valence-electron chi connectivity index (χ0n) is 17.8. The second-order valence-electron chi connectivity index (χ2n) is 8.34. The van der Waals surface area contributed by atoms with Gasteiger partial charge in [0.1, 0.15) is 5.82 Å². The number of aromatic nitrogens is 2. The fourth-order valence-electron chi connectivity index (χ4n) is 4.57. The number of benzene rings is 3. The van der Waals surface area contributed by atoms with Crippen LogP contribution < -0.4 is 5.32 Å². The first-order valence-electron chi connectivity index (χ1n) is 10.4. The van der Waals surface area contributed by atoms with Gasteiger partial charge in [-0.3, -0.25) is 9.59 Å². The molecule has 0 fully saturated rings. The van der Waals surface area contributed by atoms with E-state index in [4.69, 9.17) is 5.10 Å². The van der Waals surface area contributed by atoms with Gasteiger partial charge < -0.3 is 5.32 Å². The third-order valence-corrected chi connectivity index (χ3v) is 5.90. The number of hydrogen-bond donors (Lipinski definition) is 1. The molecule has 1 N–H and O–H groups in total. The molecule has 31 heavy (non-hydrogen) atoms. The number of ketones is 1. The van der Waals surface area contributed by atoms with Gasteiger partial charge in [0.25, 0.3) is 0 Å². The molecule has 0 saturated carbocycles. The summed E-state index contributed by atoms with van der Waals surface area (Å²) in [4.78, 5) is 26.1. The number of aryl methyl sites for hydroxylation is 3. The Morgan fingerprint density at radius 3 is 2.42 bits per heavy atom. The van der Waals surface area contributed by atoms with Gasteiger partial charge in [-0.1, -0.05) is 42.5 Å². The van der Waals surface area contributed by atoms with E-state index in [0.717, 1.165) is 38.8 Å². The van der Waals surface area contributed by atoms with Gasteiger partial charge in [0.05, 0.1) is 17.3 Å². The summed E-state index contributed by atoms with van der Waals surface area (Å²) in [7, 11) is 0. The van der Waals surface area contributed by atoms with Crippen LogP contribution in [0.5, 0.6) is 0 Å². The van der Waals surface area contributed by atoms with Crippen LogP contribution in [0.3, 0.4) is 0 Å². The van der Waals surface area contributed by atoms with Crippen LogP contribution in [0.2, 0.25) is 0 Å². The average Bonchev–Trinajstić information content (AvgIpc) is 3.08. The average molecular weight is 409 g/mol. The number of rotatable bonds is 3. The Balaban J connectivity index is 1.62. The van der Waals surface area contributed by atoms with E-state index in [2.05, 4.69) is 11.4 Å². The Morgan fingerprint density at radius 1 is 0.968 bits per heavy atom. The fraction of sp³-hybridized carbons (Fsp3) is 0.192. The second-order valence-corrected chi connectivity index (χ2v) is 8.34. The van der Waals surface area contributed by atoms with Gasteiger partial charge in [0.2, 0.25) is 5.91 Å². The van der Waals surface area contributed by atoms with E-state index in [9.17, 15) is 9.59 Å². The maximum Gasteiger partial charge on any atom is 0.226 e. The fourth-order valence-corrected chi connectivity index (χ4v) is 4.57. The molecule has 1 aliphatic heterocycles. The lowest BCUT2D eigenvalue weighted by Crippen LogP contribution is -2.28. The SMILES string of the molecule is Cc1cc(C)cc(-n2nc(C)c3c2NC(=O)C[C@@H]3C(=O)c2ccc3ccccc3c2)c1. The van der Waals surface area contributed by atoms with Crippen LogP contribution in [0.1, 0.15) is 45.1 Å². The molecule has 1 atom stereocenters. The third kappa shape index (κ3) is 3.32. The predicted molar refractivity (Wildman–Crippen MR) is 122 cm³/mol. The van der Waals surface area contributed by atoms with Crippen LogP contribution in [-0.4, -0.2) is 21.5 Å². The normalized spacial score (nSPS) is 15.6. The molecule has 5 rings (SSSR count). The monoisotopic (exact) mass is 409 g/mol. The second kappa shape index (κ2) is 7.20. The van der Waals surface area contributed by atoms with Crippen molar-refractivity contribution in [3.63, 3.8) is 0 Å². The van der Waals surface area contributed by atoms with Crippen molar-refractivity contribution in [1.29, 1.82) is 0 Å². The number of amides is 1. The molecular formula is C26H23N3O2. The van der Waals surface area contributed by atoms with Crippen molar-refractivity contribution < 1.29 is 9.59 Å². The number of hydrogen-bond acceptors (Lipinski definition) is 3. The first-order chi connectivity index (χ1) is 14.9. The molecule has 0 aliphatic carbocycles. The Labute approximate surface area is 180 Å². The number of Topliss-reactive ketones (excluding diaryl/α,β-unsaturated/α-hetero) is 1. The van der Waals surface area contributed by atoms with Crippen molar-refractivity contribution in [2.45, 2.75) is 33.1 Å². The van der Waals surface area contributed by atoms with Crippen molar-refractivity contribution >= 4 is 28.3 Å². The third-order valence-electron chi connectivity index (χ3n) is 5.90. The molecule has 0 spiro atoms. The molecule has 0 unspecified atom stereocenters. The van der Waals surface area contributed by atoms with E-state index in [0.29, 0.717) is 11.4 Å². The summed E-state index contributed by atoms with van der Waals surface area (Å²) in [6, 6.07) is 19.8. The van der Waals surface area contributed by atoms with E-state index >= 15 is 0 Å². The van der Waals surface area contributed by atoms with Gasteiger partial charge in [-0.05, 0) is 60.9 Å². The standard InChI is InChI=1S/C26H23N3O2/c1-15-10-16(2)12-21(11-15)29-26-24(17(3)28-29)22(14-23(30)27-26)25(31)20-9-8-18-6-4-5-7-19(18)13-20/h4-13,22H,14H2,1-3H3,(H,27,30)/t22-/m0/s1. The largest absolute Gasteiger partial charge is 0.310 e. The van der Waals surface area contributed by atoms with Gasteiger partial charge in [-0.2, -0.15) is 5.10 Å². The van der Waals surface area contributed by atoms with Gasteiger partial charge >= 0.3 is 0 Å². The lowest BCUT2D eigenvalue weighted by molar-refractivity contribution is -0.116. The van der Waals surface area contributed by atoms with Crippen molar-refractivity contribution in [3.8, 4) is 5.69 Å². The molecule has 5 nitrogen and oxygen atoms in total. The molecule has 1 aromatic heterocycles. The first kappa shape index (κ1) is 19.2. The number of carbonyl (C=O) groups excluding carboxylic acids is 2. The van der Waals surface area contributed by atoms with Crippen molar-refractivity contribution in [2.75, 3.05) is 5.32 Å². The van der Waals surface area contributed by atoms with Crippen LogP contribution in [0.25, 0.3) is 16.5 Å². The highest BCUT2D eigenvalue weighted by atomic mass is 16.2. The number of nitrogens with zero attached hydrogens (tertiary/aromatic N) is 2. The highest BCUT2D eigenvalue weighted by molar-refractivity contribution is 6.09. The highest BCUT2D eigenvalue weighted by Crippen LogP contribution is 2.38. The summed E-state index contributed by atoms with van der Waals surface area (Å²) < 4.78 is 1.75. The molecule has 0 bridgehead atoms. The minimum Gasteiger partial charge on any atom is -0.310 e. The Hall–Kier alpha value is -3.73. The molecule has 0 saturated heterocycles. The van der Waals surface area contributed by atoms with Crippen LogP contribution in [0.15, 0.2) is 60.7 Å². The first-order valence-corrected chi connectivity index (χ1v) is 10.4. The van der Waals surface area contributed by atoms with Crippen molar-refractivity contribution in [3.05, 3.63) is 88.6 Å². The smallest absolute Gasteiger partial charge is 0.226 e. The van der Waals surface area contributed by atoms with Gasteiger partial charge in [0.15, 0.2) is 5.78 Å². The molecule has 0 radical (unpaired) electrons. The molecule has 1 aliphatic rings. The Morgan fingerprint density at radius 2 is 1.68 bits per heavy atom. The summed E-state index contributed by atoms with van der Waals surface area (Å²) >= 11 is 0. The van der Waals surface area contributed by atoms with E-state index in [1.807, 2.05) is 75.4 Å². The quantitative estimate of drug-likeness (QED) is 0.470. The van der Waals surface area contributed by atoms with Gasteiger partial charge in [0, 0.05) is 17.5 Å². The minimum atomic E-state index is -0.551. The summed E-state index contributed by atoms with van der Waals surface area (Å²) in [6.07, 6.45) is 0.123. The lowest BCUT2D eigenvalue weighted by atomic mass is 9.85. The van der Waals surface area contributed by atoms with Crippen molar-refractivity contribution in [2.24, 2.45) is 0 Å². The van der Waals surface area contributed by atoms with Crippen LogP contribution in [-0.2, 0) is 4.79 Å². The topological polar surface area (TPSA) is 64.0 Å². The number of nitrogens with one attached hydrogen (secondary N) is 1. The molecule has 3 aromatic carbocycles. The summed E-state index contributed by atoms with van der Waals surface area (Å²) in [5.74, 6) is -0.176. The molecule has 1 amide bonds. The van der Waals surface area contributed by atoms with Crippen LogP contribution in [0, 0.1) is 20.8 Å². The maximum absolute atomic E-state index is 13.5. The molecule has 4 aromatic rings. The maximum atomic E-state index is 13.5. The summed E-state index contributed by atoms with van der Waals surface area (Å²) in [5.41, 5.74) is 5.28. The Bertz CT molecular complexity index is 1350. The summed E-state index contributed by atoms with van der Waals surface area (Å²) in [6.45, 7) is 5.96. The molecule has 5 heteroatoms. The van der Waals surface area contributed by atoms with Gasteiger partial charge in [-0.25, -0.2) is 4.68 Å². The van der Waals surface area contributed by atoms with E-state index in [-0.39, 0.29) is 18.1 Å². The van der Waals surface area contributed by atoms with E-state index in [1.54, 1.807) is 4.68 Å². The Kier molecular flexibility index (Phi) is 4.47.